The van der Waals surface area contributed by atoms with Crippen molar-refractivity contribution in [2.24, 2.45) is 5.92 Å². The Labute approximate surface area is 94.8 Å². The van der Waals surface area contributed by atoms with Gasteiger partial charge >= 0.3 is 0 Å². The molecule has 0 aromatic heterocycles. The van der Waals surface area contributed by atoms with Gasteiger partial charge in [-0.25, -0.2) is 0 Å². The van der Waals surface area contributed by atoms with Crippen LogP contribution in [0.3, 0.4) is 0 Å². The number of hydrogen-bond donors (Lipinski definition) is 1. The van der Waals surface area contributed by atoms with E-state index in [1.165, 1.54) is 38.5 Å². The van der Waals surface area contributed by atoms with Gasteiger partial charge in [-0.05, 0) is 32.2 Å². The lowest BCUT2D eigenvalue weighted by Gasteiger charge is -2.30. The van der Waals surface area contributed by atoms with Gasteiger partial charge in [-0.2, -0.15) is 0 Å². The van der Waals surface area contributed by atoms with E-state index in [4.69, 9.17) is 4.74 Å². The Balaban J connectivity index is 2.21. The molecule has 3 atom stereocenters. The van der Waals surface area contributed by atoms with E-state index in [0.29, 0.717) is 12.1 Å². The molecule has 1 rings (SSSR count). The summed E-state index contributed by atoms with van der Waals surface area (Å²) < 4.78 is 6.04. The van der Waals surface area contributed by atoms with E-state index < -0.39 is 0 Å². The van der Waals surface area contributed by atoms with Crippen molar-refractivity contribution < 1.29 is 4.74 Å². The van der Waals surface area contributed by atoms with Crippen LogP contribution in [0.2, 0.25) is 0 Å². The summed E-state index contributed by atoms with van der Waals surface area (Å²) in [6.45, 7) is 5.45. The summed E-state index contributed by atoms with van der Waals surface area (Å²) in [5, 5.41) is 3.33. The van der Waals surface area contributed by atoms with Gasteiger partial charge in [0.15, 0.2) is 0 Å². The normalized spacial score (nSPS) is 29.0. The molecule has 2 nitrogen and oxygen atoms in total. The van der Waals surface area contributed by atoms with Crippen LogP contribution in [0.1, 0.15) is 52.4 Å². The minimum atomic E-state index is 0.520. The summed E-state index contributed by atoms with van der Waals surface area (Å²) in [6, 6.07) is 0.545. The molecule has 1 saturated carbocycles. The van der Waals surface area contributed by atoms with E-state index >= 15 is 0 Å². The molecule has 3 unspecified atom stereocenters. The Bertz CT molecular complexity index is 161. The van der Waals surface area contributed by atoms with E-state index in [-0.39, 0.29) is 0 Å². The molecule has 1 aliphatic rings. The van der Waals surface area contributed by atoms with E-state index in [1.54, 1.807) is 0 Å². The first-order chi connectivity index (χ1) is 7.27. The summed E-state index contributed by atoms with van der Waals surface area (Å²) in [5.41, 5.74) is 0. The Hall–Kier alpha value is -0.0800. The molecule has 0 radical (unpaired) electrons. The maximum Gasteiger partial charge on any atom is 0.0623 e. The number of likely N-dealkylation sites (N-methyl/N-ethyl adjacent to an activating group) is 1. The molecule has 0 bridgehead atoms. The zero-order valence-corrected chi connectivity index (χ0v) is 10.6. The van der Waals surface area contributed by atoms with E-state index in [0.717, 1.165) is 12.5 Å². The van der Waals surface area contributed by atoms with Gasteiger partial charge in [0.25, 0.3) is 0 Å². The van der Waals surface area contributed by atoms with Crippen LogP contribution in [-0.2, 0) is 4.74 Å². The second kappa shape index (κ2) is 7.24. The standard InChI is InChI=1S/C13H27NO/c1-4-7-12(14-3)10-15-13-9-6-5-8-11(13)2/h11-14H,4-10H2,1-3H3. The molecular weight excluding hydrogens is 186 g/mol. The fraction of sp³-hybridized carbons (Fsp3) is 1.00. The third kappa shape index (κ3) is 4.52. The third-order valence-electron chi connectivity index (χ3n) is 3.59. The fourth-order valence-corrected chi connectivity index (χ4v) is 2.43. The average molecular weight is 213 g/mol. The Morgan fingerprint density at radius 2 is 2.07 bits per heavy atom. The minimum absolute atomic E-state index is 0.520. The second-order valence-electron chi connectivity index (χ2n) is 4.91. The zero-order valence-electron chi connectivity index (χ0n) is 10.6. The van der Waals surface area contributed by atoms with Crippen molar-refractivity contribution in [3.63, 3.8) is 0 Å². The highest BCUT2D eigenvalue weighted by Crippen LogP contribution is 2.26. The lowest BCUT2D eigenvalue weighted by Crippen LogP contribution is -2.35. The molecule has 0 aromatic carbocycles. The van der Waals surface area contributed by atoms with Gasteiger partial charge in [0.2, 0.25) is 0 Å². The molecule has 0 spiro atoms. The molecular formula is C13H27NO. The van der Waals surface area contributed by atoms with Gasteiger partial charge in [0.1, 0.15) is 0 Å². The van der Waals surface area contributed by atoms with Crippen LogP contribution in [0.25, 0.3) is 0 Å². The van der Waals surface area contributed by atoms with E-state index in [2.05, 4.69) is 19.2 Å². The maximum atomic E-state index is 6.04. The number of nitrogens with one attached hydrogen (secondary N) is 1. The first-order valence-corrected chi connectivity index (χ1v) is 6.56. The summed E-state index contributed by atoms with van der Waals surface area (Å²) in [7, 11) is 2.04. The molecule has 1 fully saturated rings. The van der Waals surface area contributed by atoms with E-state index in [9.17, 15) is 0 Å². The smallest absolute Gasteiger partial charge is 0.0623 e. The molecule has 0 aliphatic heterocycles. The van der Waals surface area contributed by atoms with E-state index in [1.807, 2.05) is 7.05 Å². The van der Waals surface area contributed by atoms with Crippen molar-refractivity contribution in [2.45, 2.75) is 64.5 Å². The molecule has 90 valence electrons. The molecule has 0 amide bonds. The quantitative estimate of drug-likeness (QED) is 0.732. The highest BCUT2D eigenvalue weighted by molar-refractivity contribution is 4.73. The van der Waals surface area contributed by atoms with Crippen molar-refractivity contribution in [1.82, 2.24) is 5.32 Å². The third-order valence-corrected chi connectivity index (χ3v) is 3.59. The van der Waals surface area contributed by atoms with Crippen molar-refractivity contribution in [3.8, 4) is 0 Å². The average Bonchev–Trinajstić information content (AvgIpc) is 2.26. The lowest BCUT2D eigenvalue weighted by molar-refractivity contribution is -0.0151. The predicted molar refractivity (Wildman–Crippen MR) is 65.1 cm³/mol. The van der Waals surface area contributed by atoms with Crippen LogP contribution in [0, 0.1) is 5.92 Å². The highest BCUT2D eigenvalue weighted by atomic mass is 16.5. The topological polar surface area (TPSA) is 21.3 Å². The Kier molecular flexibility index (Phi) is 6.26. The van der Waals surface area contributed by atoms with Crippen molar-refractivity contribution in [3.05, 3.63) is 0 Å². The zero-order chi connectivity index (χ0) is 11.1. The number of hydrogen-bond acceptors (Lipinski definition) is 2. The van der Waals surface area contributed by atoms with Gasteiger partial charge < -0.3 is 10.1 Å². The predicted octanol–water partition coefficient (Wildman–Crippen LogP) is 2.97. The van der Waals surface area contributed by atoms with Crippen LogP contribution < -0.4 is 5.32 Å². The van der Waals surface area contributed by atoms with Crippen LogP contribution in [0.15, 0.2) is 0 Å². The molecule has 0 aromatic rings. The van der Waals surface area contributed by atoms with Gasteiger partial charge in [0.05, 0.1) is 12.7 Å². The molecule has 0 heterocycles. The SMILES string of the molecule is CCCC(COC1CCCCC1C)NC. The highest BCUT2D eigenvalue weighted by Gasteiger charge is 2.22. The van der Waals surface area contributed by atoms with Crippen LogP contribution in [0.5, 0.6) is 0 Å². The Morgan fingerprint density at radius 1 is 1.33 bits per heavy atom. The maximum absolute atomic E-state index is 6.04. The monoisotopic (exact) mass is 213 g/mol. The molecule has 15 heavy (non-hydrogen) atoms. The molecule has 1 aliphatic carbocycles. The fourth-order valence-electron chi connectivity index (χ4n) is 2.43. The van der Waals surface area contributed by atoms with Crippen molar-refractivity contribution in [2.75, 3.05) is 13.7 Å². The van der Waals surface area contributed by atoms with Crippen molar-refractivity contribution in [1.29, 1.82) is 0 Å². The van der Waals surface area contributed by atoms with Crippen LogP contribution in [-0.4, -0.2) is 25.8 Å². The second-order valence-corrected chi connectivity index (χ2v) is 4.91. The van der Waals surface area contributed by atoms with Gasteiger partial charge in [-0.15, -0.1) is 0 Å². The molecule has 1 N–H and O–H groups in total. The van der Waals surface area contributed by atoms with Crippen molar-refractivity contribution >= 4 is 0 Å². The molecule has 0 saturated heterocycles. The van der Waals surface area contributed by atoms with Gasteiger partial charge in [-0.3, -0.25) is 0 Å². The Morgan fingerprint density at radius 3 is 2.67 bits per heavy atom. The summed E-state index contributed by atoms with van der Waals surface area (Å²) in [5.74, 6) is 0.762. The molecule has 2 heteroatoms. The number of rotatable bonds is 6. The van der Waals surface area contributed by atoms with Crippen LogP contribution >= 0.6 is 0 Å². The summed E-state index contributed by atoms with van der Waals surface area (Å²) in [6.07, 6.45) is 8.34. The largest absolute Gasteiger partial charge is 0.376 e. The van der Waals surface area contributed by atoms with Gasteiger partial charge in [-0.1, -0.05) is 33.1 Å². The first-order valence-electron chi connectivity index (χ1n) is 6.56. The number of ether oxygens (including phenoxy) is 1. The lowest BCUT2D eigenvalue weighted by atomic mass is 9.88. The minimum Gasteiger partial charge on any atom is -0.376 e. The summed E-state index contributed by atoms with van der Waals surface area (Å²) in [4.78, 5) is 0. The van der Waals surface area contributed by atoms with Gasteiger partial charge in [0, 0.05) is 6.04 Å². The van der Waals surface area contributed by atoms with Crippen LogP contribution in [0.4, 0.5) is 0 Å². The first kappa shape index (κ1) is 13.0. The summed E-state index contributed by atoms with van der Waals surface area (Å²) >= 11 is 0.